The van der Waals surface area contributed by atoms with Gasteiger partial charge in [-0.2, -0.15) is 0 Å². The second-order valence-corrected chi connectivity index (χ2v) is 5.08. The lowest BCUT2D eigenvalue weighted by Crippen LogP contribution is -1.83. The fourth-order valence-electron chi connectivity index (χ4n) is 1.47. The van der Waals surface area contributed by atoms with Crippen LogP contribution in [0.25, 0.3) is 0 Å². The van der Waals surface area contributed by atoms with E-state index in [9.17, 15) is 0 Å². The zero-order valence-corrected chi connectivity index (χ0v) is 11.1. The molecule has 0 bridgehead atoms. The molecule has 0 aliphatic carbocycles. The molecule has 0 N–H and O–H groups in total. The van der Waals surface area contributed by atoms with Gasteiger partial charge in [0, 0.05) is 15.7 Å². The summed E-state index contributed by atoms with van der Waals surface area (Å²) in [5, 5.41) is 0.790. The van der Waals surface area contributed by atoms with Crippen molar-refractivity contribution in [3.05, 3.63) is 59.1 Å². The minimum absolute atomic E-state index is 0.790. The van der Waals surface area contributed by atoms with Crippen LogP contribution in [0.15, 0.2) is 53.4 Å². The Kier molecular flexibility index (Phi) is 4.35. The van der Waals surface area contributed by atoms with E-state index >= 15 is 0 Å². The van der Waals surface area contributed by atoms with Crippen molar-refractivity contribution >= 4 is 23.4 Å². The van der Waals surface area contributed by atoms with Crippen LogP contribution in [0, 0.1) is 0 Å². The molecular formula is C14H13ClOS. The van der Waals surface area contributed by atoms with E-state index in [2.05, 4.69) is 18.2 Å². The molecule has 0 amide bonds. The van der Waals surface area contributed by atoms with Crippen LogP contribution in [0.1, 0.15) is 5.56 Å². The summed E-state index contributed by atoms with van der Waals surface area (Å²) in [7, 11) is 1.67. The lowest BCUT2D eigenvalue weighted by atomic mass is 10.2. The van der Waals surface area contributed by atoms with Gasteiger partial charge in [0.25, 0.3) is 0 Å². The number of benzene rings is 2. The third-order valence-corrected chi connectivity index (χ3v) is 3.67. The molecule has 3 heteroatoms. The van der Waals surface area contributed by atoms with Gasteiger partial charge in [-0.3, -0.25) is 0 Å². The highest BCUT2D eigenvalue weighted by molar-refractivity contribution is 7.98. The summed E-state index contributed by atoms with van der Waals surface area (Å²) < 4.78 is 5.12. The molecule has 0 fully saturated rings. The van der Waals surface area contributed by atoms with Crippen LogP contribution >= 0.6 is 23.4 Å². The minimum Gasteiger partial charge on any atom is -0.497 e. The normalized spacial score (nSPS) is 10.2. The van der Waals surface area contributed by atoms with E-state index in [1.807, 2.05) is 30.3 Å². The average Bonchev–Trinajstić information content (AvgIpc) is 2.37. The van der Waals surface area contributed by atoms with Crippen LogP contribution in [0.2, 0.25) is 5.02 Å². The van der Waals surface area contributed by atoms with E-state index in [0.29, 0.717) is 0 Å². The molecule has 0 heterocycles. The van der Waals surface area contributed by atoms with Crippen molar-refractivity contribution in [3.63, 3.8) is 0 Å². The number of rotatable bonds is 4. The fourth-order valence-corrected chi connectivity index (χ4v) is 2.52. The monoisotopic (exact) mass is 264 g/mol. The van der Waals surface area contributed by atoms with Gasteiger partial charge in [-0.15, -0.1) is 11.8 Å². The van der Waals surface area contributed by atoms with Crippen molar-refractivity contribution in [3.8, 4) is 5.75 Å². The molecule has 88 valence electrons. The Morgan fingerprint density at radius 2 is 1.88 bits per heavy atom. The molecule has 0 unspecified atom stereocenters. The van der Waals surface area contributed by atoms with E-state index in [-0.39, 0.29) is 0 Å². The number of methoxy groups -OCH3 is 1. The predicted molar refractivity (Wildman–Crippen MR) is 74.0 cm³/mol. The van der Waals surface area contributed by atoms with Gasteiger partial charge < -0.3 is 4.74 Å². The number of halogens is 1. The smallest absolute Gasteiger partial charge is 0.118 e. The number of hydrogen-bond acceptors (Lipinski definition) is 2. The fraction of sp³-hybridized carbons (Fsp3) is 0.143. The second-order valence-electron chi connectivity index (χ2n) is 3.59. The first-order valence-corrected chi connectivity index (χ1v) is 6.65. The molecule has 2 aromatic rings. The van der Waals surface area contributed by atoms with Crippen molar-refractivity contribution < 1.29 is 4.74 Å². The van der Waals surface area contributed by atoms with E-state index in [1.54, 1.807) is 18.9 Å². The number of hydrogen-bond donors (Lipinski definition) is 0. The summed E-state index contributed by atoms with van der Waals surface area (Å²) in [6, 6.07) is 16.0. The third kappa shape index (κ3) is 3.69. The molecule has 0 spiro atoms. The molecule has 1 nitrogen and oxygen atoms in total. The zero-order valence-electron chi connectivity index (χ0n) is 9.52. The summed E-state index contributed by atoms with van der Waals surface area (Å²) >= 11 is 7.73. The lowest BCUT2D eigenvalue weighted by Gasteiger charge is -2.04. The summed E-state index contributed by atoms with van der Waals surface area (Å²) in [5.74, 6) is 1.81. The Morgan fingerprint density at radius 3 is 2.53 bits per heavy atom. The Morgan fingerprint density at radius 1 is 1.12 bits per heavy atom. The zero-order chi connectivity index (χ0) is 12.1. The van der Waals surface area contributed by atoms with Crippen molar-refractivity contribution in [2.75, 3.05) is 7.11 Å². The molecule has 2 aromatic carbocycles. The molecule has 2 rings (SSSR count). The highest BCUT2D eigenvalue weighted by Crippen LogP contribution is 2.25. The molecule has 17 heavy (non-hydrogen) atoms. The topological polar surface area (TPSA) is 9.23 Å². The molecule has 0 aliphatic heterocycles. The van der Waals surface area contributed by atoms with E-state index in [1.165, 1.54) is 10.5 Å². The van der Waals surface area contributed by atoms with Crippen LogP contribution in [-0.2, 0) is 5.75 Å². The summed E-state index contributed by atoms with van der Waals surface area (Å²) in [6.45, 7) is 0. The van der Waals surface area contributed by atoms with Crippen molar-refractivity contribution in [2.45, 2.75) is 10.6 Å². The first-order chi connectivity index (χ1) is 8.28. The minimum atomic E-state index is 0.790. The molecule has 0 aromatic heterocycles. The van der Waals surface area contributed by atoms with Gasteiger partial charge >= 0.3 is 0 Å². The molecule has 0 saturated carbocycles. The number of ether oxygens (including phenoxy) is 1. The quantitative estimate of drug-likeness (QED) is 0.744. The maximum Gasteiger partial charge on any atom is 0.118 e. The molecule has 0 radical (unpaired) electrons. The SMILES string of the molecule is COc1ccc(SCc2cccc(Cl)c2)cc1. The molecule has 0 aliphatic rings. The van der Waals surface area contributed by atoms with Gasteiger partial charge in [0.05, 0.1) is 7.11 Å². The van der Waals surface area contributed by atoms with Crippen molar-refractivity contribution in [1.29, 1.82) is 0 Å². The standard InChI is InChI=1S/C14H13ClOS/c1-16-13-5-7-14(8-6-13)17-10-11-3-2-4-12(15)9-11/h2-9H,10H2,1H3. The summed E-state index contributed by atoms with van der Waals surface area (Å²) in [4.78, 5) is 1.23. The highest BCUT2D eigenvalue weighted by Gasteiger charge is 1.98. The third-order valence-electron chi connectivity index (χ3n) is 2.35. The van der Waals surface area contributed by atoms with Gasteiger partial charge in [-0.25, -0.2) is 0 Å². The van der Waals surface area contributed by atoms with Crippen LogP contribution in [0.4, 0.5) is 0 Å². The average molecular weight is 265 g/mol. The maximum atomic E-state index is 5.94. The van der Waals surface area contributed by atoms with Crippen molar-refractivity contribution in [1.82, 2.24) is 0 Å². The lowest BCUT2D eigenvalue weighted by molar-refractivity contribution is 0.414. The van der Waals surface area contributed by atoms with Gasteiger partial charge in [-0.05, 0) is 42.0 Å². The number of thioether (sulfide) groups is 1. The van der Waals surface area contributed by atoms with E-state index in [0.717, 1.165) is 16.5 Å². The molecular weight excluding hydrogens is 252 g/mol. The Balaban J connectivity index is 1.97. The molecule has 0 saturated heterocycles. The maximum absolute atomic E-state index is 5.94. The first kappa shape index (κ1) is 12.3. The Labute approximate surface area is 111 Å². The van der Waals surface area contributed by atoms with Crippen LogP contribution in [0.3, 0.4) is 0 Å². The van der Waals surface area contributed by atoms with Gasteiger partial charge in [0.1, 0.15) is 5.75 Å². The Bertz CT molecular complexity index is 482. The van der Waals surface area contributed by atoms with Crippen LogP contribution < -0.4 is 4.74 Å². The van der Waals surface area contributed by atoms with Gasteiger partial charge in [-0.1, -0.05) is 23.7 Å². The predicted octanol–water partition coefficient (Wildman–Crippen LogP) is 4.64. The van der Waals surface area contributed by atoms with E-state index in [4.69, 9.17) is 16.3 Å². The molecule has 0 atom stereocenters. The van der Waals surface area contributed by atoms with Crippen LogP contribution in [0.5, 0.6) is 5.75 Å². The van der Waals surface area contributed by atoms with Crippen molar-refractivity contribution in [2.24, 2.45) is 0 Å². The Hall–Kier alpha value is -1.12. The van der Waals surface area contributed by atoms with Gasteiger partial charge in [0.15, 0.2) is 0 Å². The van der Waals surface area contributed by atoms with Crippen LogP contribution in [-0.4, -0.2) is 7.11 Å². The van der Waals surface area contributed by atoms with E-state index < -0.39 is 0 Å². The summed E-state index contributed by atoms with van der Waals surface area (Å²) in [6.07, 6.45) is 0. The largest absolute Gasteiger partial charge is 0.497 e. The highest BCUT2D eigenvalue weighted by atomic mass is 35.5. The van der Waals surface area contributed by atoms with Gasteiger partial charge in [0.2, 0.25) is 0 Å². The second kappa shape index (κ2) is 5.99. The summed E-state index contributed by atoms with van der Waals surface area (Å²) in [5.41, 5.74) is 1.23. The first-order valence-electron chi connectivity index (χ1n) is 5.29.